The molecule has 0 aliphatic carbocycles. The quantitative estimate of drug-likeness (QED) is 0.808. The summed E-state index contributed by atoms with van der Waals surface area (Å²) < 4.78 is 2.73. The molecular weight excluding hydrogens is 304 g/mol. The van der Waals surface area contributed by atoms with Crippen LogP contribution in [0.25, 0.3) is 5.82 Å². The van der Waals surface area contributed by atoms with Gasteiger partial charge in [-0.25, -0.2) is 14.6 Å². The smallest absolute Gasteiger partial charge is 0.158 e. The number of aryl methyl sites for hydroxylation is 2. The third kappa shape index (κ3) is 2.86. The van der Waals surface area contributed by atoms with Crippen LogP contribution in [0.4, 0.5) is 0 Å². The molecule has 2 heterocycles. The van der Waals surface area contributed by atoms with Crippen molar-refractivity contribution in [3.8, 4) is 5.82 Å². The lowest BCUT2D eigenvalue weighted by Gasteiger charge is -2.07. The van der Waals surface area contributed by atoms with Crippen LogP contribution in [0.1, 0.15) is 43.0 Å². The van der Waals surface area contributed by atoms with Gasteiger partial charge in [-0.2, -0.15) is 5.10 Å². The first-order valence-electron chi connectivity index (χ1n) is 6.65. The molecule has 19 heavy (non-hydrogen) atoms. The fourth-order valence-electron chi connectivity index (χ4n) is 2.31. The lowest BCUT2D eigenvalue weighted by Crippen LogP contribution is -2.06. The number of halogens is 1. The highest BCUT2D eigenvalue weighted by Crippen LogP contribution is 2.19. The molecule has 0 aromatic carbocycles. The summed E-state index contributed by atoms with van der Waals surface area (Å²) >= 11 is 3.46. The minimum atomic E-state index is 0.812. The summed E-state index contributed by atoms with van der Waals surface area (Å²) in [4.78, 5) is 9.00. The van der Waals surface area contributed by atoms with Crippen LogP contribution < -0.4 is 0 Å². The Labute approximate surface area is 122 Å². The minimum absolute atomic E-state index is 0.812. The Hall–Kier alpha value is -1.23. The van der Waals surface area contributed by atoms with Crippen molar-refractivity contribution in [2.75, 3.05) is 0 Å². The second-order valence-electron chi connectivity index (χ2n) is 4.63. The highest BCUT2D eigenvalue weighted by atomic mass is 79.9. The molecule has 0 radical (unpaired) electrons. The topological polar surface area (TPSA) is 43.6 Å². The minimum Gasteiger partial charge on any atom is -0.226 e. The van der Waals surface area contributed by atoms with E-state index in [4.69, 9.17) is 0 Å². The van der Waals surface area contributed by atoms with Crippen LogP contribution in [0.2, 0.25) is 0 Å². The molecule has 2 aromatic rings. The Morgan fingerprint density at radius 3 is 2.53 bits per heavy atom. The summed E-state index contributed by atoms with van der Waals surface area (Å²) in [6.07, 6.45) is 2.91. The van der Waals surface area contributed by atoms with Crippen LogP contribution in [0.15, 0.2) is 10.7 Å². The number of nitrogens with zero attached hydrogens (tertiary/aromatic N) is 4. The van der Waals surface area contributed by atoms with E-state index in [1.807, 2.05) is 17.7 Å². The van der Waals surface area contributed by atoms with E-state index in [1.165, 1.54) is 5.56 Å². The zero-order valence-corrected chi connectivity index (χ0v) is 13.5. The first kappa shape index (κ1) is 14.2. The van der Waals surface area contributed by atoms with Crippen LogP contribution >= 0.6 is 15.9 Å². The molecule has 0 bridgehead atoms. The molecule has 0 atom stereocenters. The summed E-state index contributed by atoms with van der Waals surface area (Å²) in [7, 11) is 0. The van der Waals surface area contributed by atoms with E-state index in [0.29, 0.717) is 0 Å². The Kier molecular flexibility index (Phi) is 4.34. The normalized spacial score (nSPS) is 11.0. The van der Waals surface area contributed by atoms with E-state index in [9.17, 15) is 0 Å². The Morgan fingerprint density at radius 2 is 1.95 bits per heavy atom. The standard InChI is InChI=1S/C14H19BrN4/c1-5-7-13-16-12(15)8-14(17-13)19-10(4)11(6-2)9(3)18-19/h8H,5-7H2,1-4H3. The van der Waals surface area contributed by atoms with Gasteiger partial charge in [0.2, 0.25) is 0 Å². The van der Waals surface area contributed by atoms with Gasteiger partial charge in [0.1, 0.15) is 10.4 Å². The van der Waals surface area contributed by atoms with E-state index in [2.05, 4.69) is 51.8 Å². The molecule has 102 valence electrons. The van der Waals surface area contributed by atoms with E-state index < -0.39 is 0 Å². The van der Waals surface area contributed by atoms with Gasteiger partial charge in [-0.3, -0.25) is 0 Å². The van der Waals surface area contributed by atoms with Crippen LogP contribution in [0, 0.1) is 13.8 Å². The molecule has 0 amide bonds. The molecule has 0 N–H and O–H groups in total. The van der Waals surface area contributed by atoms with Gasteiger partial charge in [-0.1, -0.05) is 13.8 Å². The highest BCUT2D eigenvalue weighted by Gasteiger charge is 2.13. The molecule has 0 spiro atoms. The Morgan fingerprint density at radius 1 is 1.21 bits per heavy atom. The van der Waals surface area contributed by atoms with Crippen molar-refractivity contribution < 1.29 is 0 Å². The molecule has 0 saturated carbocycles. The summed E-state index contributed by atoms with van der Waals surface area (Å²) in [5.41, 5.74) is 3.53. The molecule has 2 rings (SSSR count). The van der Waals surface area contributed by atoms with E-state index >= 15 is 0 Å². The summed E-state index contributed by atoms with van der Waals surface area (Å²) in [6.45, 7) is 8.42. The number of hydrogen-bond donors (Lipinski definition) is 0. The maximum absolute atomic E-state index is 4.60. The van der Waals surface area contributed by atoms with Crippen molar-refractivity contribution >= 4 is 15.9 Å². The fraction of sp³-hybridized carbons (Fsp3) is 0.500. The second-order valence-corrected chi connectivity index (χ2v) is 5.44. The van der Waals surface area contributed by atoms with Gasteiger partial charge in [0.05, 0.1) is 5.69 Å². The van der Waals surface area contributed by atoms with Crippen LogP contribution in [-0.2, 0) is 12.8 Å². The lowest BCUT2D eigenvalue weighted by molar-refractivity contribution is 0.761. The number of rotatable bonds is 4. The predicted octanol–water partition coefficient (Wildman–Crippen LogP) is 3.56. The average molecular weight is 323 g/mol. The monoisotopic (exact) mass is 322 g/mol. The maximum Gasteiger partial charge on any atom is 0.158 e. The Balaban J connectivity index is 2.52. The number of hydrogen-bond acceptors (Lipinski definition) is 3. The molecule has 0 saturated heterocycles. The third-order valence-electron chi connectivity index (χ3n) is 3.21. The molecule has 0 fully saturated rings. The number of aromatic nitrogens is 4. The van der Waals surface area contributed by atoms with Gasteiger partial charge < -0.3 is 0 Å². The van der Waals surface area contributed by atoms with Gasteiger partial charge >= 0.3 is 0 Å². The maximum atomic E-state index is 4.60. The van der Waals surface area contributed by atoms with Gasteiger partial charge in [0.15, 0.2) is 5.82 Å². The fourth-order valence-corrected chi connectivity index (χ4v) is 2.71. The third-order valence-corrected chi connectivity index (χ3v) is 3.62. The van der Waals surface area contributed by atoms with Crippen LogP contribution in [-0.4, -0.2) is 19.7 Å². The SMILES string of the molecule is CCCc1nc(Br)cc(-n2nc(C)c(CC)c2C)n1. The first-order chi connectivity index (χ1) is 9.06. The van der Waals surface area contributed by atoms with Crippen molar-refractivity contribution in [2.45, 2.75) is 47.0 Å². The molecular formula is C14H19BrN4. The van der Waals surface area contributed by atoms with Gasteiger partial charge in [-0.15, -0.1) is 0 Å². The predicted molar refractivity (Wildman–Crippen MR) is 79.7 cm³/mol. The average Bonchev–Trinajstić information content (AvgIpc) is 2.64. The van der Waals surface area contributed by atoms with Crippen molar-refractivity contribution in [1.29, 1.82) is 0 Å². The summed E-state index contributed by atoms with van der Waals surface area (Å²) in [6, 6.07) is 1.91. The van der Waals surface area contributed by atoms with Crippen LogP contribution in [0.5, 0.6) is 0 Å². The van der Waals surface area contributed by atoms with Crippen molar-refractivity contribution in [3.63, 3.8) is 0 Å². The molecule has 2 aromatic heterocycles. The molecule has 0 unspecified atom stereocenters. The van der Waals surface area contributed by atoms with Gasteiger partial charge in [0, 0.05) is 18.2 Å². The molecule has 5 heteroatoms. The summed E-state index contributed by atoms with van der Waals surface area (Å²) in [5.74, 6) is 1.70. The lowest BCUT2D eigenvalue weighted by atomic mass is 10.1. The van der Waals surface area contributed by atoms with Crippen molar-refractivity contribution in [2.24, 2.45) is 0 Å². The van der Waals surface area contributed by atoms with Gasteiger partial charge in [-0.05, 0) is 48.2 Å². The zero-order chi connectivity index (χ0) is 14.0. The highest BCUT2D eigenvalue weighted by molar-refractivity contribution is 9.10. The zero-order valence-electron chi connectivity index (χ0n) is 11.9. The van der Waals surface area contributed by atoms with E-state index in [0.717, 1.165) is 46.9 Å². The largest absolute Gasteiger partial charge is 0.226 e. The Bertz CT molecular complexity index is 589. The van der Waals surface area contributed by atoms with Crippen LogP contribution in [0.3, 0.4) is 0 Å². The molecule has 0 aliphatic heterocycles. The van der Waals surface area contributed by atoms with Crippen molar-refractivity contribution in [3.05, 3.63) is 33.4 Å². The first-order valence-corrected chi connectivity index (χ1v) is 7.45. The second kappa shape index (κ2) is 5.82. The van der Waals surface area contributed by atoms with Gasteiger partial charge in [0.25, 0.3) is 0 Å². The van der Waals surface area contributed by atoms with Crippen molar-refractivity contribution in [1.82, 2.24) is 19.7 Å². The van der Waals surface area contributed by atoms with E-state index in [-0.39, 0.29) is 0 Å². The van der Waals surface area contributed by atoms with E-state index in [1.54, 1.807) is 0 Å². The summed E-state index contributed by atoms with van der Waals surface area (Å²) in [5, 5.41) is 4.60. The molecule has 4 nitrogen and oxygen atoms in total. The molecule has 0 aliphatic rings.